The van der Waals surface area contributed by atoms with Gasteiger partial charge in [-0.05, 0) is 23.6 Å². The summed E-state index contributed by atoms with van der Waals surface area (Å²) in [6.45, 7) is 4.54. The topological polar surface area (TPSA) is 61.4 Å². The first-order valence-corrected chi connectivity index (χ1v) is 6.69. The van der Waals surface area contributed by atoms with Crippen LogP contribution in [0.1, 0.15) is 19.4 Å². The van der Waals surface area contributed by atoms with Gasteiger partial charge in [-0.25, -0.2) is 0 Å². The van der Waals surface area contributed by atoms with Crippen molar-refractivity contribution in [3.05, 3.63) is 29.8 Å². The summed E-state index contributed by atoms with van der Waals surface area (Å²) in [5, 5.41) is 5.88. The van der Waals surface area contributed by atoms with Crippen molar-refractivity contribution < 1.29 is 9.59 Å². The normalized spacial score (nSPS) is 11.8. The van der Waals surface area contributed by atoms with E-state index in [2.05, 4.69) is 10.6 Å². The molecular weight excluding hydrogens is 254 g/mol. The van der Waals surface area contributed by atoms with Crippen LogP contribution in [0.15, 0.2) is 24.3 Å². The predicted octanol–water partition coefficient (Wildman–Crippen LogP) is 1.46. The molecule has 0 fully saturated rings. The van der Waals surface area contributed by atoms with Gasteiger partial charge >= 0.3 is 0 Å². The first kappa shape index (κ1) is 16.0. The molecule has 1 atom stereocenters. The fourth-order valence-electron chi connectivity index (χ4n) is 1.85. The number of nitrogens with one attached hydrogen (secondary N) is 2. The molecular formula is C15H23N3O2. The number of nitrogens with zero attached hydrogens (tertiary/aromatic N) is 1. The average Bonchev–Trinajstić information content (AvgIpc) is 2.42. The van der Waals surface area contributed by atoms with Gasteiger partial charge in [-0.2, -0.15) is 0 Å². The third-order valence-corrected chi connectivity index (χ3v) is 3.04. The molecule has 0 bridgehead atoms. The van der Waals surface area contributed by atoms with Crippen LogP contribution in [0.2, 0.25) is 0 Å². The Labute approximate surface area is 120 Å². The fourth-order valence-corrected chi connectivity index (χ4v) is 1.85. The standard InChI is InChI=1S/C15H23N3O2/c1-11(2)14(15(20)18(3)4)17-13-7-5-12(6-8-13)9-16-10-19/h5-8,10-11,14,17H,9H2,1-4H3,(H,16,19). The lowest BCUT2D eigenvalue weighted by atomic mass is 10.0. The second kappa shape index (κ2) is 7.53. The Bertz CT molecular complexity index is 441. The van der Waals surface area contributed by atoms with Crippen LogP contribution in [-0.2, 0) is 16.1 Å². The third-order valence-electron chi connectivity index (χ3n) is 3.04. The van der Waals surface area contributed by atoms with Gasteiger partial charge in [0.1, 0.15) is 6.04 Å². The largest absolute Gasteiger partial charge is 0.373 e. The van der Waals surface area contributed by atoms with Gasteiger partial charge in [0, 0.05) is 26.3 Å². The van der Waals surface area contributed by atoms with Crippen LogP contribution in [0, 0.1) is 5.92 Å². The lowest BCUT2D eigenvalue weighted by Gasteiger charge is -2.25. The molecule has 20 heavy (non-hydrogen) atoms. The average molecular weight is 277 g/mol. The van der Waals surface area contributed by atoms with Crippen molar-refractivity contribution in [2.45, 2.75) is 26.4 Å². The number of benzene rings is 1. The summed E-state index contributed by atoms with van der Waals surface area (Å²) in [5.41, 5.74) is 1.91. The van der Waals surface area contributed by atoms with E-state index in [4.69, 9.17) is 0 Å². The quantitative estimate of drug-likeness (QED) is 0.742. The second-order valence-electron chi connectivity index (χ2n) is 5.29. The molecule has 2 amide bonds. The SMILES string of the molecule is CC(C)C(Nc1ccc(CNC=O)cc1)C(=O)N(C)C. The molecule has 0 spiro atoms. The number of carbonyl (C=O) groups excluding carboxylic acids is 2. The number of carbonyl (C=O) groups is 2. The van der Waals surface area contributed by atoms with Gasteiger partial charge in [0.25, 0.3) is 0 Å². The van der Waals surface area contributed by atoms with E-state index in [1.807, 2.05) is 38.1 Å². The number of anilines is 1. The Morgan fingerprint density at radius 2 is 1.85 bits per heavy atom. The Balaban J connectivity index is 2.74. The molecule has 5 heteroatoms. The van der Waals surface area contributed by atoms with Crippen LogP contribution in [-0.4, -0.2) is 37.4 Å². The van der Waals surface area contributed by atoms with Crippen LogP contribution in [0.3, 0.4) is 0 Å². The first-order valence-electron chi connectivity index (χ1n) is 6.69. The number of hydrogen-bond donors (Lipinski definition) is 2. The number of rotatable bonds is 7. The molecule has 0 aliphatic carbocycles. The van der Waals surface area contributed by atoms with Crippen LogP contribution in [0.25, 0.3) is 0 Å². The molecule has 0 radical (unpaired) electrons. The highest BCUT2D eigenvalue weighted by Gasteiger charge is 2.23. The molecule has 1 aromatic rings. The number of amides is 2. The molecule has 5 nitrogen and oxygen atoms in total. The van der Waals surface area contributed by atoms with E-state index in [1.54, 1.807) is 19.0 Å². The second-order valence-corrected chi connectivity index (χ2v) is 5.29. The van der Waals surface area contributed by atoms with Crippen molar-refractivity contribution >= 4 is 18.0 Å². The number of likely N-dealkylation sites (N-methyl/N-ethyl adjacent to an activating group) is 1. The van der Waals surface area contributed by atoms with Crippen molar-refractivity contribution in [3.63, 3.8) is 0 Å². The summed E-state index contributed by atoms with van der Waals surface area (Å²) in [6, 6.07) is 7.44. The molecule has 110 valence electrons. The van der Waals surface area contributed by atoms with Crippen LogP contribution in [0.5, 0.6) is 0 Å². The highest BCUT2D eigenvalue weighted by molar-refractivity contribution is 5.84. The van der Waals surface area contributed by atoms with Crippen molar-refractivity contribution in [1.29, 1.82) is 0 Å². The minimum atomic E-state index is -0.246. The van der Waals surface area contributed by atoms with Gasteiger partial charge in [0.05, 0.1) is 0 Å². The monoisotopic (exact) mass is 277 g/mol. The highest BCUT2D eigenvalue weighted by Crippen LogP contribution is 2.15. The Kier molecular flexibility index (Phi) is 6.03. The van der Waals surface area contributed by atoms with E-state index in [-0.39, 0.29) is 17.9 Å². The summed E-state index contributed by atoms with van der Waals surface area (Å²) in [5.74, 6) is 0.257. The zero-order chi connectivity index (χ0) is 15.1. The summed E-state index contributed by atoms with van der Waals surface area (Å²) in [7, 11) is 3.52. The van der Waals surface area contributed by atoms with Crippen molar-refractivity contribution in [2.24, 2.45) is 5.92 Å². The summed E-state index contributed by atoms with van der Waals surface area (Å²) in [4.78, 5) is 23.9. The summed E-state index contributed by atoms with van der Waals surface area (Å²) < 4.78 is 0. The van der Waals surface area contributed by atoms with E-state index < -0.39 is 0 Å². The van der Waals surface area contributed by atoms with Crippen molar-refractivity contribution in [3.8, 4) is 0 Å². The molecule has 1 unspecified atom stereocenters. The molecule has 1 rings (SSSR count). The number of hydrogen-bond acceptors (Lipinski definition) is 3. The van der Waals surface area contributed by atoms with Crippen molar-refractivity contribution in [1.82, 2.24) is 10.2 Å². The van der Waals surface area contributed by atoms with E-state index in [1.165, 1.54) is 0 Å². The van der Waals surface area contributed by atoms with Gasteiger partial charge in [0.2, 0.25) is 12.3 Å². The maximum atomic E-state index is 12.1. The highest BCUT2D eigenvalue weighted by atomic mass is 16.2. The maximum absolute atomic E-state index is 12.1. The molecule has 2 N–H and O–H groups in total. The Hall–Kier alpha value is -2.04. The van der Waals surface area contributed by atoms with Gasteiger partial charge in [-0.3, -0.25) is 9.59 Å². The van der Waals surface area contributed by atoms with Gasteiger partial charge in [0.15, 0.2) is 0 Å². The zero-order valence-corrected chi connectivity index (χ0v) is 12.5. The predicted molar refractivity (Wildman–Crippen MR) is 80.3 cm³/mol. The minimum Gasteiger partial charge on any atom is -0.373 e. The summed E-state index contributed by atoms with van der Waals surface area (Å²) >= 11 is 0. The fraction of sp³-hybridized carbons (Fsp3) is 0.467. The maximum Gasteiger partial charge on any atom is 0.244 e. The third kappa shape index (κ3) is 4.57. The van der Waals surface area contributed by atoms with Gasteiger partial charge < -0.3 is 15.5 Å². The van der Waals surface area contributed by atoms with Crippen molar-refractivity contribution in [2.75, 3.05) is 19.4 Å². The van der Waals surface area contributed by atoms with Crippen LogP contribution in [0.4, 0.5) is 5.69 Å². The van der Waals surface area contributed by atoms with E-state index in [9.17, 15) is 9.59 Å². The minimum absolute atomic E-state index is 0.0618. The zero-order valence-electron chi connectivity index (χ0n) is 12.5. The van der Waals surface area contributed by atoms with Crippen LogP contribution >= 0.6 is 0 Å². The molecule has 0 aliphatic rings. The molecule has 0 saturated heterocycles. The summed E-state index contributed by atoms with van der Waals surface area (Å²) in [6.07, 6.45) is 0.677. The molecule has 1 aromatic carbocycles. The molecule has 0 aromatic heterocycles. The van der Waals surface area contributed by atoms with E-state index in [0.29, 0.717) is 13.0 Å². The van der Waals surface area contributed by atoms with Crippen LogP contribution < -0.4 is 10.6 Å². The smallest absolute Gasteiger partial charge is 0.244 e. The van der Waals surface area contributed by atoms with E-state index >= 15 is 0 Å². The first-order chi connectivity index (χ1) is 9.45. The lowest BCUT2D eigenvalue weighted by molar-refractivity contribution is -0.130. The van der Waals surface area contributed by atoms with E-state index in [0.717, 1.165) is 11.3 Å². The molecule has 0 saturated carbocycles. The van der Waals surface area contributed by atoms with Gasteiger partial charge in [-0.1, -0.05) is 26.0 Å². The Morgan fingerprint density at radius 1 is 1.25 bits per heavy atom. The molecule has 0 heterocycles. The molecule has 0 aliphatic heterocycles. The Morgan fingerprint density at radius 3 is 2.30 bits per heavy atom. The van der Waals surface area contributed by atoms with Gasteiger partial charge in [-0.15, -0.1) is 0 Å². The lowest BCUT2D eigenvalue weighted by Crippen LogP contribution is -2.42.